The van der Waals surface area contributed by atoms with Gasteiger partial charge in [-0.15, -0.1) is 0 Å². The van der Waals surface area contributed by atoms with Gasteiger partial charge in [0.25, 0.3) is 0 Å². The molecule has 0 unspecified atom stereocenters. The summed E-state index contributed by atoms with van der Waals surface area (Å²) in [4.78, 5) is 0. The van der Waals surface area contributed by atoms with E-state index in [1.54, 1.807) is 0 Å². The first-order chi connectivity index (χ1) is 27.3. The monoisotopic (exact) mass is 696 g/mol. The first-order valence-corrected chi connectivity index (χ1v) is 19.0. The minimum absolute atomic E-state index is 0.909. The van der Waals surface area contributed by atoms with E-state index in [0.717, 1.165) is 33.2 Å². The molecule has 0 aliphatic heterocycles. The van der Waals surface area contributed by atoms with Gasteiger partial charge in [0.05, 0.1) is 22.1 Å². The molecule has 13 aromatic rings. The van der Waals surface area contributed by atoms with Crippen LogP contribution in [-0.4, -0.2) is 9.13 Å². The van der Waals surface area contributed by atoms with Crippen LogP contribution in [0.1, 0.15) is 0 Å². The van der Waals surface area contributed by atoms with Gasteiger partial charge in [-0.25, -0.2) is 0 Å². The summed E-state index contributed by atoms with van der Waals surface area (Å²) < 4.78 is 11.3. The lowest BCUT2D eigenvalue weighted by atomic mass is 9.94. The van der Waals surface area contributed by atoms with Crippen LogP contribution in [0.3, 0.4) is 0 Å². The summed E-state index contributed by atoms with van der Waals surface area (Å²) in [7, 11) is 0. The van der Waals surface area contributed by atoms with Gasteiger partial charge in [0, 0.05) is 49.1 Å². The summed E-state index contributed by atoms with van der Waals surface area (Å²) in [5.41, 5.74) is 14.0. The molecule has 0 radical (unpaired) electrons. The molecule has 55 heavy (non-hydrogen) atoms. The van der Waals surface area contributed by atoms with E-state index in [0.29, 0.717) is 0 Å². The second kappa shape index (κ2) is 9.79. The smallest absolute Gasteiger partial charge is 0.136 e. The van der Waals surface area contributed by atoms with Crippen molar-refractivity contribution in [2.24, 2.45) is 0 Å². The first-order valence-electron chi connectivity index (χ1n) is 19.0. The van der Waals surface area contributed by atoms with E-state index in [2.05, 4.69) is 173 Å². The number of nitrogens with zero attached hydrogens (tertiary/aromatic N) is 2. The highest BCUT2D eigenvalue weighted by Crippen LogP contribution is 2.54. The molecule has 14 rings (SSSR count). The molecular formula is C52H28N2O. The van der Waals surface area contributed by atoms with Gasteiger partial charge in [0.15, 0.2) is 0 Å². The van der Waals surface area contributed by atoms with Crippen LogP contribution in [0.15, 0.2) is 174 Å². The van der Waals surface area contributed by atoms with Gasteiger partial charge < -0.3 is 13.6 Å². The van der Waals surface area contributed by atoms with Crippen molar-refractivity contribution >= 4 is 97.9 Å². The fourth-order valence-corrected chi connectivity index (χ4v) is 10.5. The second-order valence-corrected chi connectivity index (χ2v) is 15.2. The number of hydrogen-bond donors (Lipinski definition) is 0. The predicted molar refractivity (Wildman–Crippen MR) is 231 cm³/mol. The molecule has 0 atom stereocenters. The lowest BCUT2D eigenvalue weighted by Crippen LogP contribution is -1.95. The second-order valence-electron chi connectivity index (χ2n) is 15.2. The number of aromatic nitrogens is 2. The highest BCUT2D eigenvalue weighted by Gasteiger charge is 2.29. The van der Waals surface area contributed by atoms with Gasteiger partial charge in [-0.1, -0.05) is 109 Å². The average molecular weight is 697 g/mol. The summed E-state index contributed by atoms with van der Waals surface area (Å²) in [6.45, 7) is 0. The van der Waals surface area contributed by atoms with E-state index >= 15 is 0 Å². The standard InChI is InChI=1S/C52H28N2O/c1-2-13-31(14-3-1)53-41-26-25-40-49-48-37(36-20-8-19-35-34-18-7-12-30-28-42(53)51(50(41)49)52(45(30)34)47(35)36)21-9-22-39(48)54(40)32-15-6-11-29(27-32)33-17-10-24-44-46(33)38-16-4-5-23-43(38)55-44/h1-28H. The van der Waals surface area contributed by atoms with Gasteiger partial charge in [0.1, 0.15) is 11.2 Å². The van der Waals surface area contributed by atoms with Crippen LogP contribution < -0.4 is 0 Å². The molecule has 1 aliphatic rings. The van der Waals surface area contributed by atoms with Gasteiger partial charge >= 0.3 is 0 Å². The zero-order chi connectivity index (χ0) is 35.5. The first kappa shape index (κ1) is 28.2. The Labute approximate surface area is 313 Å². The quantitative estimate of drug-likeness (QED) is 0.180. The number of benzene rings is 9. The molecular weight excluding hydrogens is 669 g/mol. The van der Waals surface area contributed by atoms with E-state index in [1.807, 2.05) is 6.07 Å². The van der Waals surface area contributed by atoms with Crippen LogP contribution in [-0.2, 0) is 0 Å². The van der Waals surface area contributed by atoms with E-state index in [9.17, 15) is 0 Å². The van der Waals surface area contributed by atoms with Crippen molar-refractivity contribution in [2.75, 3.05) is 0 Å². The van der Waals surface area contributed by atoms with E-state index in [1.165, 1.54) is 98.3 Å². The average Bonchev–Trinajstić information content (AvgIpc) is 3.97. The number of para-hydroxylation sites is 2. The summed E-state index contributed by atoms with van der Waals surface area (Å²) in [5, 5.41) is 15.5. The van der Waals surface area contributed by atoms with Crippen molar-refractivity contribution in [3.05, 3.63) is 170 Å². The van der Waals surface area contributed by atoms with E-state index in [-0.39, 0.29) is 0 Å². The fraction of sp³-hybridized carbons (Fsp3) is 0. The maximum Gasteiger partial charge on any atom is 0.136 e. The SMILES string of the molecule is c1ccc(-n2c3cc4cccc5c4c4c6c-5cccc6c5cccc6c5c5c(c43)c2ccc5n6-c2cccc(-c3cccc4oc5ccccc5c34)c2)cc1. The molecule has 3 nitrogen and oxygen atoms in total. The molecule has 0 bridgehead atoms. The number of furan rings is 1. The number of fused-ring (bicyclic) bond motifs is 5. The van der Waals surface area contributed by atoms with Crippen LogP contribution in [0.25, 0.3) is 131 Å². The molecule has 3 heterocycles. The highest BCUT2D eigenvalue weighted by molar-refractivity contribution is 6.46. The summed E-state index contributed by atoms with van der Waals surface area (Å²) in [5.74, 6) is 0. The maximum atomic E-state index is 6.32. The van der Waals surface area contributed by atoms with Crippen LogP contribution >= 0.6 is 0 Å². The lowest BCUT2D eigenvalue weighted by molar-refractivity contribution is 0.669. The Kier molecular flexibility index (Phi) is 5.01. The van der Waals surface area contributed by atoms with Crippen molar-refractivity contribution in [3.63, 3.8) is 0 Å². The van der Waals surface area contributed by atoms with Crippen molar-refractivity contribution in [1.82, 2.24) is 9.13 Å². The van der Waals surface area contributed by atoms with Crippen molar-refractivity contribution in [1.29, 1.82) is 0 Å². The molecule has 0 amide bonds. The van der Waals surface area contributed by atoms with Gasteiger partial charge in [0.2, 0.25) is 0 Å². The molecule has 10 aromatic carbocycles. The third-order valence-electron chi connectivity index (χ3n) is 12.5. The largest absolute Gasteiger partial charge is 0.456 e. The van der Waals surface area contributed by atoms with Crippen molar-refractivity contribution in [2.45, 2.75) is 0 Å². The molecule has 0 spiro atoms. The molecule has 252 valence electrons. The van der Waals surface area contributed by atoms with Crippen molar-refractivity contribution < 1.29 is 4.42 Å². The third kappa shape index (κ3) is 3.35. The Balaban J connectivity index is 1.19. The normalized spacial score (nSPS) is 12.7. The van der Waals surface area contributed by atoms with E-state index in [4.69, 9.17) is 4.42 Å². The van der Waals surface area contributed by atoms with Gasteiger partial charge in [-0.3, -0.25) is 0 Å². The number of rotatable bonds is 3. The summed E-state index contributed by atoms with van der Waals surface area (Å²) in [6.07, 6.45) is 0. The Morgan fingerprint density at radius 2 is 0.909 bits per heavy atom. The lowest BCUT2D eigenvalue weighted by Gasteiger charge is -2.12. The molecule has 1 aliphatic carbocycles. The maximum absolute atomic E-state index is 6.32. The molecule has 0 fully saturated rings. The number of hydrogen-bond acceptors (Lipinski definition) is 1. The fourth-order valence-electron chi connectivity index (χ4n) is 10.5. The highest BCUT2D eigenvalue weighted by atomic mass is 16.3. The zero-order valence-electron chi connectivity index (χ0n) is 29.5. The third-order valence-corrected chi connectivity index (χ3v) is 12.5. The minimum atomic E-state index is 0.909. The zero-order valence-corrected chi connectivity index (χ0v) is 29.5. The van der Waals surface area contributed by atoms with Crippen LogP contribution in [0, 0.1) is 0 Å². The van der Waals surface area contributed by atoms with E-state index < -0.39 is 0 Å². The molecule has 0 saturated carbocycles. The predicted octanol–water partition coefficient (Wildman–Crippen LogP) is 14.3. The summed E-state index contributed by atoms with van der Waals surface area (Å²) in [6, 6.07) is 62.6. The Bertz CT molecular complexity index is 3820. The summed E-state index contributed by atoms with van der Waals surface area (Å²) >= 11 is 0. The minimum Gasteiger partial charge on any atom is -0.456 e. The van der Waals surface area contributed by atoms with Crippen molar-refractivity contribution in [3.8, 4) is 33.6 Å². The van der Waals surface area contributed by atoms with Crippen LogP contribution in [0.4, 0.5) is 0 Å². The molecule has 3 aromatic heterocycles. The Hall–Kier alpha value is -7.36. The Morgan fingerprint density at radius 3 is 1.80 bits per heavy atom. The Morgan fingerprint density at radius 1 is 0.309 bits per heavy atom. The molecule has 0 saturated heterocycles. The molecule has 3 heteroatoms. The van der Waals surface area contributed by atoms with Crippen LogP contribution in [0.2, 0.25) is 0 Å². The van der Waals surface area contributed by atoms with Gasteiger partial charge in [-0.2, -0.15) is 0 Å². The molecule has 0 N–H and O–H groups in total. The van der Waals surface area contributed by atoms with Gasteiger partial charge in [-0.05, 0) is 110 Å². The van der Waals surface area contributed by atoms with Crippen LogP contribution in [0.5, 0.6) is 0 Å². The topological polar surface area (TPSA) is 23.0 Å².